The molecular weight excluding hydrogens is 440 g/mol. The number of carbonyl (C=O) groups is 2. The highest BCUT2D eigenvalue weighted by Crippen LogP contribution is 2.44. The lowest BCUT2D eigenvalue weighted by molar-refractivity contribution is -0.131. The van der Waals surface area contributed by atoms with Crippen molar-refractivity contribution in [1.82, 2.24) is 20.2 Å². The number of amides is 1. The Morgan fingerprint density at radius 3 is 2.88 bits per heavy atom. The van der Waals surface area contributed by atoms with E-state index in [1.165, 1.54) is 35.5 Å². The van der Waals surface area contributed by atoms with E-state index >= 15 is 0 Å². The van der Waals surface area contributed by atoms with E-state index in [9.17, 15) is 14.7 Å². The number of phenols is 1. The van der Waals surface area contributed by atoms with Crippen LogP contribution >= 0.6 is 11.8 Å². The van der Waals surface area contributed by atoms with Crippen molar-refractivity contribution < 1.29 is 24.5 Å². The largest absolute Gasteiger partial charge is 0.504 e. The third kappa shape index (κ3) is 5.00. The number of rotatable bonds is 7. The van der Waals surface area contributed by atoms with Gasteiger partial charge in [0.2, 0.25) is 5.95 Å². The Morgan fingerprint density at radius 2 is 2.19 bits per heavy atom. The fourth-order valence-corrected chi connectivity index (χ4v) is 3.70. The van der Waals surface area contributed by atoms with Crippen LogP contribution in [0.1, 0.15) is 11.1 Å². The monoisotopic (exact) mass is 456 g/mol. The smallest absolute Gasteiger partial charge is 0.409 e. The molecule has 0 aliphatic carbocycles. The normalized spacial score (nSPS) is 14.7. The van der Waals surface area contributed by atoms with Crippen LogP contribution in [0.25, 0.3) is 10.4 Å². The van der Waals surface area contributed by atoms with Gasteiger partial charge in [-0.25, -0.2) is 19.6 Å². The van der Waals surface area contributed by atoms with Gasteiger partial charge in [-0.05, 0) is 29.8 Å². The van der Waals surface area contributed by atoms with Crippen molar-refractivity contribution in [1.29, 1.82) is 0 Å². The summed E-state index contributed by atoms with van der Waals surface area (Å²) in [7, 11) is 1.64. The Hall–Kier alpha value is -4.42. The molecule has 1 aromatic heterocycles. The van der Waals surface area contributed by atoms with E-state index in [2.05, 4.69) is 37.2 Å². The molecule has 2 heterocycles. The van der Waals surface area contributed by atoms with Gasteiger partial charge < -0.3 is 25.2 Å². The number of anilines is 1. The lowest BCUT2D eigenvalue weighted by Gasteiger charge is -2.24. The van der Waals surface area contributed by atoms with Crippen LogP contribution in [0.3, 0.4) is 0 Å². The molecule has 1 aliphatic heterocycles. The van der Waals surface area contributed by atoms with Crippen molar-refractivity contribution in [2.75, 3.05) is 12.4 Å². The number of esters is 1. The third-order valence-corrected chi connectivity index (χ3v) is 5.14. The van der Waals surface area contributed by atoms with Crippen molar-refractivity contribution in [2.24, 2.45) is 5.11 Å². The van der Waals surface area contributed by atoms with Gasteiger partial charge in [-0.2, -0.15) is 0 Å². The average molecular weight is 456 g/mol. The van der Waals surface area contributed by atoms with E-state index in [0.717, 1.165) is 11.8 Å². The second kappa shape index (κ2) is 9.59. The van der Waals surface area contributed by atoms with E-state index in [0.29, 0.717) is 11.6 Å². The maximum atomic E-state index is 12.8. The zero-order valence-electron chi connectivity index (χ0n) is 16.5. The van der Waals surface area contributed by atoms with Crippen LogP contribution in [0.2, 0.25) is 0 Å². The van der Waals surface area contributed by atoms with Crippen LogP contribution in [0, 0.1) is 0 Å². The number of azide groups is 1. The summed E-state index contributed by atoms with van der Waals surface area (Å²) in [5.74, 6) is -1.19. The van der Waals surface area contributed by atoms with Gasteiger partial charge in [-0.3, -0.25) is 5.32 Å². The van der Waals surface area contributed by atoms with Gasteiger partial charge in [-0.1, -0.05) is 23.5 Å². The highest BCUT2D eigenvalue weighted by atomic mass is 32.2. The fourth-order valence-electron chi connectivity index (χ4n) is 2.58. The number of ether oxygens (including phenoxy) is 1. The van der Waals surface area contributed by atoms with Crippen LogP contribution in [0.4, 0.5) is 16.4 Å². The lowest BCUT2D eigenvalue weighted by Crippen LogP contribution is -2.26. The second-order valence-electron chi connectivity index (χ2n) is 6.03. The number of benzene rings is 1. The fraction of sp³-hybridized carbons (Fsp3) is 0.111. The van der Waals surface area contributed by atoms with Gasteiger partial charge >= 0.3 is 12.1 Å². The van der Waals surface area contributed by atoms with Crippen LogP contribution < -0.4 is 15.4 Å². The molecule has 0 radical (unpaired) electrons. The minimum atomic E-state index is -1.28. The molecule has 0 spiro atoms. The van der Waals surface area contributed by atoms with Crippen molar-refractivity contribution in [3.05, 3.63) is 70.1 Å². The number of aromatic nitrogens is 2. The molecule has 32 heavy (non-hydrogen) atoms. The summed E-state index contributed by atoms with van der Waals surface area (Å²) in [5.41, 5.74) is 8.98. The van der Waals surface area contributed by atoms with Crippen molar-refractivity contribution in [3.8, 4) is 11.5 Å². The summed E-state index contributed by atoms with van der Waals surface area (Å²) in [6.07, 6.45) is 1.61. The quantitative estimate of drug-likeness (QED) is 0.120. The molecule has 0 saturated heterocycles. The van der Waals surface area contributed by atoms with Gasteiger partial charge in [0.25, 0.3) is 0 Å². The number of nitrogens with one attached hydrogen (secondary N) is 2. The number of phenolic OH excluding ortho intramolecular Hbond substituents is 1. The number of aromatic hydroxyl groups is 1. The standard InChI is InChI=1S/C18H16N8O5S/c1-9(16(28)31-13-7-10(24-25-19)3-4-12(13)27)26-8-14(23-18(29)30)32-15(26)11-5-6-21-17(20-2)22-11/h3-8,15,23,27H,1H2,2H3,(H,29,30)(H,20,21,22)/t15-/m0/s1. The molecule has 0 bridgehead atoms. The second-order valence-corrected chi connectivity index (χ2v) is 7.16. The van der Waals surface area contributed by atoms with E-state index < -0.39 is 17.4 Å². The zero-order chi connectivity index (χ0) is 23.3. The van der Waals surface area contributed by atoms with Crippen LogP contribution in [-0.2, 0) is 4.79 Å². The number of carbonyl (C=O) groups excluding carboxylic acids is 1. The first-order valence-corrected chi connectivity index (χ1v) is 9.67. The van der Waals surface area contributed by atoms with E-state index in [1.54, 1.807) is 13.1 Å². The molecule has 14 heteroatoms. The average Bonchev–Trinajstić information content (AvgIpc) is 3.18. The van der Waals surface area contributed by atoms with Crippen LogP contribution in [0.15, 0.2) is 59.1 Å². The SMILES string of the molecule is C=C(C(=O)Oc1cc(N=[N+]=[N-])ccc1O)N1C=C(NC(=O)O)S[C@H]1c1ccnc(NC)n1. The molecule has 0 unspecified atom stereocenters. The maximum absolute atomic E-state index is 12.8. The highest BCUT2D eigenvalue weighted by molar-refractivity contribution is 8.03. The van der Waals surface area contributed by atoms with Gasteiger partial charge in [0, 0.05) is 30.0 Å². The summed E-state index contributed by atoms with van der Waals surface area (Å²) >= 11 is 1.09. The highest BCUT2D eigenvalue weighted by Gasteiger charge is 2.34. The molecule has 164 valence electrons. The van der Waals surface area contributed by atoms with E-state index in [1.807, 2.05) is 0 Å². The molecule has 0 saturated carbocycles. The van der Waals surface area contributed by atoms with Crippen molar-refractivity contribution >= 4 is 35.5 Å². The van der Waals surface area contributed by atoms with Gasteiger partial charge in [0.1, 0.15) is 11.1 Å². The summed E-state index contributed by atoms with van der Waals surface area (Å²) < 4.78 is 5.22. The van der Waals surface area contributed by atoms with Gasteiger partial charge in [-0.15, -0.1) is 0 Å². The number of hydrogen-bond donors (Lipinski definition) is 4. The minimum Gasteiger partial charge on any atom is -0.504 e. The summed E-state index contributed by atoms with van der Waals surface area (Å²) in [5, 5.41) is 27.0. The molecular formula is C18H16N8O5S. The van der Waals surface area contributed by atoms with Gasteiger partial charge in [0.05, 0.1) is 10.7 Å². The van der Waals surface area contributed by atoms with Crippen molar-refractivity contribution in [2.45, 2.75) is 5.37 Å². The first-order chi connectivity index (χ1) is 15.3. The van der Waals surface area contributed by atoms with Crippen molar-refractivity contribution in [3.63, 3.8) is 0 Å². The third-order valence-electron chi connectivity index (χ3n) is 3.98. The predicted molar refractivity (Wildman–Crippen MR) is 115 cm³/mol. The predicted octanol–water partition coefficient (Wildman–Crippen LogP) is 3.40. The first kappa shape index (κ1) is 22.3. The molecule has 2 aromatic rings. The number of carboxylic acid groups (broad SMARTS) is 1. The Labute approximate surface area is 185 Å². The number of thioether (sulfide) groups is 1. The Morgan fingerprint density at radius 1 is 1.41 bits per heavy atom. The molecule has 3 rings (SSSR count). The van der Waals surface area contributed by atoms with Crippen LogP contribution in [-0.4, -0.2) is 44.2 Å². The summed E-state index contributed by atoms with van der Waals surface area (Å²) in [6, 6.07) is 5.35. The number of hydrogen-bond acceptors (Lipinski definition) is 10. The molecule has 1 aromatic carbocycles. The molecule has 1 aliphatic rings. The van der Waals surface area contributed by atoms with E-state index in [-0.39, 0.29) is 27.9 Å². The Bertz CT molecular complexity index is 1160. The molecule has 1 amide bonds. The lowest BCUT2D eigenvalue weighted by atomic mass is 10.3. The van der Waals surface area contributed by atoms with Crippen LogP contribution in [0.5, 0.6) is 11.5 Å². The van der Waals surface area contributed by atoms with E-state index in [4.69, 9.17) is 15.4 Å². The zero-order valence-corrected chi connectivity index (χ0v) is 17.3. The molecule has 0 fully saturated rings. The first-order valence-electron chi connectivity index (χ1n) is 8.79. The molecule has 13 nitrogen and oxygen atoms in total. The molecule has 4 N–H and O–H groups in total. The maximum Gasteiger partial charge on any atom is 0.409 e. The summed E-state index contributed by atoms with van der Waals surface area (Å²) in [4.78, 5) is 36.2. The Kier molecular flexibility index (Phi) is 6.68. The minimum absolute atomic E-state index is 0.127. The Balaban J connectivity index is 1.88. The molecule has 1 atom stereocenters. The topological polar surface area (TPSA) is 186 Å². The van der Waals surface area contributed by atoms with Gasteiger partial charge in [0.15, 0.2) is 11.5 Å². The number of nitrogens with zero attached hydrogens (tertiary/aromatic N) is 6. The summed E-state index contributed by atoms with van der Waals surface area (Å²) in [6.45, 7) is 3.75.